The number of rotatable bonds is 3. The predicted molar refractivity (Wildman–Crippen MR) is 115 cm³/mol. The number of carbonyl (C=O) groups is 2. The lowest BCUT2D eigenvalue weighted by atomic mass is 9.76. The molecule has 0 unspecified atom stereocenters. The van der Waals surface area contributed by atoms with Gasteiger partial charge in [-0.2, -0.15) is 0 Å². The lowest BCUT2D eigenvalue weighted by Crippen LogP contribution is -2.49. The molecule has 2 amide bonds. The molecule has 2 heterocycles. The van der Waals surface area contributed by atoms with E-state index in [9.17, 15) is 9.59 Å². The maximum Gasteiger partial charge on any atom is 0.254 e. The quantitative estimate of drug-likeness (QED) is 0.720. The molecule has 0 fully saturated rings. The highest BCUT2D eigenvalue weighted by atomic mass is 16.5. The van der Waals surface area contributed by atoms with Crippen molar-refractivity contribution in [3.05, 3.63) is 95.1 Å². The normalized spacial score (nSPS) is 19.4. The van der Waals surface area contributed by atoms with Gasteiger partial charge in [0.2, 0.25) is 5.91 Å². The van der Waals surface area contributed by atoms with Crippen LogP contribution in [0.5, 0.6) is 5.75 Å². The SMILES string of the molecule is COc1ccccc1NC(=O)[C@@H]1c2ccccc2C(=O)N2CCc3ccccc3[C@@H]12. The summed E-state index contributed by atoms with van der Waals surface area (Å²) >= 11 is 0. The molecule has 0 bridgehead atoms. The minimum atomic E-state index is -0.509. The summed E-state index contributed by atoms with van der Waals surface area (Å²) < 4.78 is 5.40. The van der Waals surface area contributed by atoms with Gasteiger partial charge in [-0.1, -0.05) is 54.6 Å². The summed E-state index contributed by atoms with van der Waals surface area (Å²) in [5.74, 6) is -0.0604. The zero-order chi connectivity index (χ0) is 20.7. The minimum Gasteiger partial charge on any atom is -0.495 e. The summed E-state index contributed by atoms with van der Waals surface area (Å²) in [4.78, 5) is 28.8. The Hall–Kier alpha value is -3.60. The predicted octanol–water partition coefficient (Wildman–Crippen LogP) is 4.17. The number of nitrogens with one attached hydrogen (secondary N) is 1. The molecule has 0 spiro atoms. The number of carbonyl (C=O) groups excluding carboxylic acids is 2. The molecule has 3 aromatic carbocycles. The molecule has 0 aromatic heterocycles. The molecular formula is C25H22N2O3. The Labute approximate surface area is 175 Å². The third-order valence-corrected chi connectivity index (χ3v) is 6.08. The summed E-state index contributed by atoms with van der Waals surface area (Å²) in [5, 5.41) is 3.05. The third kappa shape index (κ3) is 2.86. The molecule has 0 saturated carbocycles. The standard InChI is InChI=1S/C25H22N2O3/c1-30-21-13-7-6-12-20(21)26-24(28)22-18-10-4-5-11-19(18)25(29)27-15-14-16-8-2-3-9-17(16)23(22)27/h2-13,22-23H,14-15H2,1H3,(H,26,28)/t22-,23+/m1/s1. The summed E-state index contributed by atoms with van der Waals surface area (Å²) in [7, 11) is 1.58. The van der Waals surface area contributed by atoms with E-state index < -0.39 is 5.92 Å². The highest BCUT2D eigenvalue weighted by Gasteiger charge is 2.46. The molecular weight excluding hydrogens is 376 g/mol. The smallest absolute Gasteiger partial charge is 0.254 e. The van der Waals surface area contributed by atoms with Crippen LogP contribution in [0.4, 0.5) is 5.69 Å². The van der Waals surface area contributed by atoms with Crippen LogP contribution in [0.25, 0.3) is 0 Å². The number of methoxy groups -OCH3 is 1. The first-order valence-corrected chi connectivity index (χ1v) is 10.1. The number of ether oxygens (including phenoxy) is 1. The second-order valence-electron chi connectivity index (χ2n) is 7.65. The van der Waals surface area contributed by atoms with E-state index in [2.05, 4.69) is 11.4 Å². The van der Waals surface area contributed by atoms with Crippen molar-refractivity contribution in [3.8, 4) is 5.75 Å². The van der Waals surface area contributed by atoms with Crippen LogP contribution in [0.15, 0.2) is 72.8 Å². The average Bonchev–Trinajstić information content (AvgIpc) is 2.79. The fourth-order valence-corrected chi connectivity index (χ4v) is 4.72. The van der Waals surface area contributed by atoms with E-state index in [1.807, 2.05) is 71.6 Å². The third-order valence-electron chi connectivity index (χ3n) is 6.08. The number of benzene rings is 3. The van der Waals surface area contributed by atoms with E-state index in [0.29, 0.717) is 23.5 Å². The van der Waals surface area contributed by atoms with Gasteiger partial charge in [-0.25, -0.2) is 0 Å². The van der Waals surface area contributed by atoms with Gasteiger partial charge >= 0.3 is 0 Å². The fraction of sp³-hybridized carbons (Fsp3) is 0.200. The van der Waals surface area contributed by atoms with Crippen LogP contribution in [-0.2, 0) is 11.2 Å². The van der Waals surface area contributed by atoms with Crippen LogP contribution in [0, 0.1) is 0 Å². The summed E-state index contributed by atoms with van der Waals surface area (Å²) in [6, 6.07) is 22.6. The molecule has 3 aromatic rings. The Kier molecular flexibility index (Phi) is 4.51. The second kappa shape index (κ2) is 7.34. The first kappa shape index (κ1) is 18.4. The molecule has 5 rings (SSSR count). The number of hydrogen-bond acceptors (Lipinski definition) is 3. The molecule has 5 nitrogen and oxygen atoms in total. The van der Waals surface area contributed by atoms with E-state index in [4.69, 9.17) is 4.74 Å². The van der Waals surface area contributed by atoms with Gasteiger partial charge in [0.05, 0.1) is 24.8 Å². The molecule has 0 aliphatic carbocycles. The highest BCUT2D eigenvalue weighted by Crippen LogP contribution is 2.46. The summed E-state index contributed by atoms with van der Waals surface area (Å²) in [6.45, 7) is 0.604. The van der Waals surface area contributed by atoms with Crippen molar-refractivity contribution >= 4 is 17.5 Å². The maximum atomic E-state index is 13.7. The van der Waals surface area contributed by atoms with E-state index in [-0.39, 0.29) is 17.9 Å². The summed E-state index contributed by atoms with van der Waals surface area (Å²) in [5.41, 5.74) is 4.24. The average molecular weight is 398 g/mol. The van der Waals surface area contributed by atoms with Crippen LogP contribution in [0.2, 0.25) is 0 Å². The van der Waals surface area contributed by atoms with Crippen molar-refractivity contribution in [2.75, 3.05) is 19.0 Å². The topological polar surface area (TPSA) is 58.6 Å². The van der Waals surface area contributed by atoms with E-state index in [1.165, 1.54) is 5.56 Å². The van der Waals surface area contributed by atoms with Gasteiger partial charge in [0.15, 0.2) is 0 Å². The minimum absolute atomic E-state index is 0.00792. The molecule has 2 aliphatic heterocycles. The maximum absolute atomic E-state index is 13.7. The Morgan fingerprint density at radius 2 is 1.67 bits per heavy atom. The van der Waals surface area contributed by atoms with E-state index in [1.54, 1.807) is 7.11 Å². The van der Waals surface area contributed by atoms with Crippen LogP contribution in [0.1, 0.15) is 39.0 Å². The van der Waals surface area contributed by atoms with Crippen molar-refractivity contribution < 1.29 is 14.3 Å². The van der Waals surface area contributed by atoms with Crippen molar-refractivity contribution in [2.24, 2.45) is 0 Å². The molecule has 2 aliphatic rings. The van der Waals surface area contributed by atoms with Gasteiger partial charge in [0, 0.05) is 12.1 Å². The number of hydrogen-bond donors (Lipinski definition) is 1. The van der Waals surface area contributed by atoms with E-state index in [0.717, 1.165) is 17.5 Å². The number of anilines is 1. The molecule has 150 valence electrons. The van der Waals surface area contributed by atoms with Crippen molar-refractivity contribution in [3.63, 3.8) is 0 Å². The zero-order valence-corrected chi connectivity index (χ0v) is 16.7. The van der Waals surface area contributed by atoms with E-state index >= 15 is 0 Å². The van der Waals surface area contributed by atoms with Gasteiger partial charge in [0.25, 0.3) is 5.91 Å². The molecule has 0 radical (unpaired) electrons. The zero-order valence-electron chi connectivity index (χ0n) is 16.7. The first-order valence-electron chi connectivity index (χ1n) is 10.1. The van der Waals surface area contributed by atoms with Crippen molar-refractivity contribution in [1.29, 1.82) is 0 Å². The largest absolute Gasteiger partial charge is 0.495 e. The molecule has 0 saturated heterocycles. The van der Waals surface area contributed by atoms with Crippen LogP contribution >= 0.6 is 0 Å². The molecule has 30 heavy (non-hydrogen) atoms. The van der Waals surface area contributed by atoms with Gasteiger partial charge < -0.3 is 15.0 Å². The Bertz CT molecular complexity index is 1140. The van der Waals surface area contributed by atoms with Crippen LogP contribution in [-0.4, -0.2) is 30.4 Å². The summed E-state index contributed by atoms with van der Waals surface area (Å²) in [6.07, 6.45) is 0.793. The van der Waals surface area contributed by atoms with Crippen LogP contribution < -0.4 is 10.1 Å². The second-order valence-corrected chi connectivity index (χ2v) is 7.65. The van der Waals surface area contributed by atoms with Gasteiger partial charge in [-0.05, 0) is 41.3 Å². The van der Waals surface area contributed by atoms with Gasteiger partial charge in [-0.3, -0.25) is 9.59 Å². The fourth-order valence-electron chi connectivity index (χ4n) is 4.72. The number of para-hydroxylation sites is 2. The number of nitrogens with zero attached hydrogens (tertiary/aromatic N) is 1. The van der Waals surface area contributed by atoms with Gasteiger partial charge in [-0.15, -0.1) is 0 Å². The highest BCUT2D eigenvalue weighted by molar-refractivity contribution is 6.05. The molecule has 2 atom stereocenters. The van der Waals surface area contributed by atoms with Gasteiger partial charge in [0.1, 0.15) is 5.75 Å². The Morgan fingerprint density at radius 1 is 0.967 bits per heavy atom. The van der Waals surface area contributed by atoms with Crippen LogP contribution in [0.3, 0.4) is 0 Å². The molecule has 1 N–H and O–H groups in total. The first-order chi connectivity index (χ1) is 14.7. The molecule has 5 heteroatoms. The lowest BCUT2D eigenvalue weighted by molar-refractivity contribution is -0.119. The van der Waals surface area contributed by atoms with Crippen molar-refractivity contribution in [1.82, 2.24) is 4.90 Å². The lowest BCUT2D eigenvalue weighted by Gasteiger charge is -2.45. The Morgan fingerprint density at radius 3 is 2.50 bits per heavy atom. The Balaban J connectivity index is 1.63. The number of fused-ring (bicyclic) bond motifs is 4. The monoisotopic (exact) mass is 398 g/mol. The number of amides is 2. The van der Waals surface area contributed by atoms with Crippen molar-refractivity contribution in [2.45, 2.75) is 18.4 Å².